The van der Waals surface area contributed by atoms with Crippen molar-refractivity contribution in [3.8, 4) is 0 Å². The zero-order valence-electron chi connectivity index (χ0n) is 10.8. The number of amides is 1. The highest BCUT2D eigenvalue weighted by atomic mass is 35.5. The Morgan fingerprint density at radius 3 is 2.70 bits per heavy atom. The molecule has 0 fully saturated rings. The average Bonchev–Trinajstić information content (AvgIpc) is 2.36. The Morgan fingerprint density at radius 2 is 2.10 bits per heavy atom. The molecule has 20 heavy (non-hydrogen) atoms. The van der Waals surface area contributed by atoms with Crippen LogP contribution in [-0.4, -0.2) is 39.2 Å². The van der Waals surface area contributed by atoms with Crippen molar-refractivity contribution in [2.45, 2.75) is 17.1 Å². The van der Waals surface area contributed by atoms with Crippen LogP contribution in [0.25, 0.3) is 0 Å². The second-order valence-corrected chi connectivity index (χ2v) is 6.62. The van der Waals surface area contributed by atoms with Crippen molar-refractivity contribution >= 4 is 39.0 Å². The van der Waals surface area contributed by atoms with E-state index in [9.17, 15) is 18.0 Å². The molecule has 0 saturated heterocycles. The molecular formula is C12H12ClNO5S. The van der Waals surface area contributed by atoms with E-state index in [-0.39, 0.29) is 22.2 Å². The fraction of sp³-hybridized carbons (Fsp3) is 0.333. The van der Waals surface area contributed by atoms with E-state index in [1.54, 1.807) is 0 Å². The second kappa shape index (κ2) is 5.06. The molecule has 1 aromatic carbocycles. The van der Waals surface area contributed by atoms with Crippen molar-refractivity contribution in [3.63, 3.8) is 0 Å². The number of nitrogens with zero attached hydrogens (tertiary/aromatic N) is 1. The minimum absolute atomic E-state index is 0.00967. The number of carbonyl (C=O) groups excluding carboxylic acids is 2. The lowest BCUT2D eigenvalue weighted by atomic mass is 10.2. The van der Waals surface area contributed by atoms with E-state index in [4.69, 9.17) is 11.6 Å². The Bertz CT molecular complexity index is 685. The topological polar surface area (TPSA) is 80.8 Å². The smallest absolute Gasteiger partial charge is 0.334 e. The molecule has 1 heterocycles. The highest BCUT2D eigenvalue weighted by molar-refractivity contribution is 7.94. The van der Waals surface area contributed by atoms with Crippen LogP contribution in [0.3, 0.4) is 0 Å². The van der Waals surface area contributed by atoms with Gasteiger partial charge in [-0.25, -0.2) is 8.42 Å². The van der Waals surface area contributed by atoms with Crippen molar-refractivity contribution in [1.29, 1.82) is 0 Å². The largest absolute Gasteiger partial charge is 0.465 e. The molecule has 1 amide bonds. The fourth-order valence-corrected chi connectivity index (χ4v) is 4.02. The third-order valence-corrected chi connectivity index (χ3v) is 5.15. The molecule has 0 aromatic heterocycles. The molecule has 1 unspecified atom stereocenters. The molecule has 0 aliphatic carbocycles. The molecule has 1 aliphatic heterocycles. The number of benzene rings is 1. The number of ether oxygens (including phenoxy) is 1. The normalized spacial score (nSPS) is 20.4. The van der Waals surface area contributed by atoms with Crippen molar-refractivity contribution in [1.82, 2.24) is 0 Å². The van der Waals surface area contributed by atoms with Crippen molar-refractivity contribution < 1.29 is 22.7 Å². The predicted octanol–water partition coefficient (Wildman–Crippen LogP) is 1.02. The van der Waals surface area contributed by atoms with Gasteiger partial charge in [0.2, 0.25) is 15.1 Å². The number of esters is 1. The summed E-state index contributed by atoms with van der Waals surface area (Å²) in [5, 5.41) is -1.67. The highest BCUT2D eigenvalue weighted by Gasteiger charge is 2.48. The van der Waals surface area contributed by atoms with Crippen molar-refractivity contribution in [2.24, 2.45) is 0 Å². The molecule has 0 spiro atoms. The van der Waals surface area contributed by atoms with E-state index in [0.29, 0.717) is 0 Å². The van der Waals surface area contributed by atoms with Gasteiger partial charge in [-0.15, -0.1) is 0 Å². The monoisotopic (exact) mass is 317 g/mol. The van der Waals surface area contributed by atoms with Crippen LogP contribution in [0.1, 0.15) is 6.92 Å². The van der Waals surface area contributed by atoms with E-state index < -0.39 is 27.0 Å². The fourth-order valence-electron chi connectivity index (χ4n) is 1.99. The van der Waals surface area contributed by atoms with Gasteiger partial charge in [0.15, 0.2) is 0 Å². The number of carbonyl (C=O) groups is 2. The summed E-state index contributed by atoms with van der Waals surface area (Å²) in [4.78, 5) is 24.9. The van der Waals surface area contributed by atoms with Crippen LogP contribution >= 0.6 is 11.6 Å². The quantitative estimate of drug-likeness (QED) is 0.601. The molecule has 1 aliphatic rings. The second-order valence-electron chi connectivity index (χ2n) is 4.19. The van der Waals surface area contributed by atoms with Crippen LogP contribution in [0, 0.1) is 0 Å². The standard InChI is InChI=1S/C12H12ClNO5S/c1-3-19-12(16)10-11(15)14(2)8-5-4-7(13)6-9(8)20(10,17)18/h4-6,10H,3H2,1-2H3. The predicted molar refractivity (Wildman–Crippen MR) is 72.5 cm³/mol. The third-order valence-electron chi connectivity index (χ3n) is 2.96. The van der Waals surface area contributed by atoms with Crippen LogP contribution in [0.2, 0.25) is 5.02 Å². The van der Waals surface area contributed by atoms with Crippen molar-refractivity contribution in [2.75, 3.05) is 18.6 Å². The maximum absolute atomic E-state index is 12.4. The molecule has 8 heteroatoms. The van der Waals surface area contributed by atoms with Crippen LogP contribution in [-0.2, 0) is 24.2 Å². The van der Waals surface area contributed by atoms with Gasteiger partial charge >= 0.3 is 5.97 Å². The molecular weight excluding hydrogens is 306 g/mol. The first-order valence-electron chi connectivity index (χ1n) is 5.78. The van der Waals surface area contributed by atoms with Gasteiger partial charge in [-0.05, 0) is 25.1 Å². The third kappa shape index (κ3) is 2.16. The van der Waals surface area contributed by atoms with Crippen LogP contribution < -0.4 is 4.90 Å². The maximum atomic E-state index is 12.4. The van der Waals surface area contributed by atoms with Crippen molar-refractivity contribution in [3.05, 3.63) is 23.2 Å². The number of rotatable bonds is 2. The number of fused-ring (bicyclic) bond motifs is 1. The Hall–Kier alpha value is -1.60. The summed E-state index contributed by atoms with van der Waals surface area (Å²) in [6, 6.07) is 4.13. The van der Waals surface area contributed by atoms with E-state index in [2.05, 4.69) is 4.74 Å². The summed E-state index contributed by atoms with van der Waals surface area (Å²) in [7, 11) is -2.76. The van der Waals surface area contributed by atoms with Gasteiger partial charge in [0.1, 0.15) is 0 Å². The lowest BCUT2D eigenvalue weighted by Gasteiger charge is -2.30. The first-order chi connectivity index (χ1) is 9.30. The van der Waals surface area contributed by atoms with Crippen LogP contribution in [0.4, 0.5) is 5.69 Å². The van der Waals surface area contributed by atoms with Gasteiger partial charge in [0, 0.05) is 12.1 Å². The zero-order chi connectivity index (χ0) is 15.1. The average molecular weight is 318 g/mol. The first kappa shape index (κ1) is 14.8. The summed E-state index contributed by atoms with van der Waals surface area (Å²) in [6.45, 7) is 1.52. The van der Waals surface area contributed by atoms with Gasteiger partial charge in [-0.1, -0.05) is 11.6 Å². The Labute approximate surface area is 121 Å². The Balaban J connectivity index is 2.65. The molecule has 1 atom stereocenters. The number of sulfone groups is 1. The van der Waals surface area contributed by atoms with Gasteiger partial charge in [-0.2, -0.15) is 0 Å². The zero-order valence-corrected chi connectivity index (χ0v) is 12.4. The van der Waals surface area contributed by atoms with Gasteiger partial charge in [0.05, 0.1) is 17.2 Å². The number of hydrogen-bond donors (Lipinski definition) is 0. The molecule has 108 valence electrons. The molecule has 0 saturated carbocycles. The lowest BCUT2D eigenvalue weighted by Crippen LogP contribution is -2.50. The number of hydrogen-bond acceptors (Lipinski definition) is 5. The number of halogens is 1. The van der Waals surface area contributed by atoms with E-state index in [0.717, 1.165) is 4.90 Å². The molecule has 1 aromatic rings. The molecule has 2 rings (SSSR count). The molecule has 0 N–H and O–H groups in total. The summed E-state index contributed by atoms with van der Waals surface area (Å²) in [5.41, 5.74) is 0.194. The summed E-state index contributed by atoms with van der Waals surface area (Å²) >= 11 is 5.79. The van der Waals surface area contributed by atoms with E-state index in [1.807, 2.05) is 0 Å². The van der Waals surface area contributed by atoms with E-state index >= 15 is 0 Å². The Kier molecular flexibility index (Phi) is 3.75. The molecule has 6 nitrogen and oxygen atoms in total. The minimum atomic E-state index is -4.16. The summed E-state index contributed by atoms with van der Waals surface area (Å²) in [5.74, 6) is -1.91. The number of anilines is 1. The summed E-state index contributed by atoms with van der Waals surface area (Å²) in [6.07, 6.45) is 0. The van der Waals surface area contributed by atoms with Crippen LogP contribution in [0.15, 0.2) is 23.1 Å². The highest BCUT2D eigenvalue weighted by Crippen LogP contribution is 2.35. The van der Waals surface area contributed by atoms with Crippen LogP contribution in [0.5, 0.6) is 0 Å². The molecule has 0 radical (unpaired) electrons. The summed E-state index contributed by atoms with van der Waals surface area (Å²) < 4.78 is 29.5. The first-order valence-corrected chi connectivity index (χ1v) is 7.70. The van der Waals surface area contributed by atoms with Gasteiger partial charge < -0.3 is 9.64 Å². The van der Waals surface area contributed by atoms with Gasteiger partial charge in [0.25, 0.3) is 5.91 Å². The lowest BCUT2D eigenvalue weighted by molar-refractivity contribution is -0.144. The van der Waals surface area contributed by atoms with Gasteiger partial charge in [-0.3, -0.25) is 9.59 Å². The van der Waals surface area contributed by atoms with E-state index in [1.165, 1.54) is 32.2 Å². The minimum Gasteiger partial charge on any atom is -0.465 e. The molecule has 0 bridgehead atoms. The maximum Gasteiger partial charge on any atom is 0.334 e. The SMILES string of the molecule is CCOC(=O)C1C(=O)N(C)c2ccc(Cl)cc2S1(=O)=O. The Morgan fingerprint density at radius 1 is 1.45 bits per heavy atom.